The maximum absolute atomic E-state index is 13.3. The lowest BCUT2D eigenvalue weighted by Gasteiger charge is -2.17. The molecule has 0 saturated carbocycles. The second-order valence-corrected chi connectivity index (χ2v) is 9.05. The third-order valence-electron chi connectivity index (χ3n) is 5.27. The van der Waals surface area contributed by atoms with E-state index in [0.717, 1.165) is 11.1 Å². The lowest BCUT2D eigenvalue weighted by atomic mass is 10.2. The number of rotatable bonds is 7. The highest BCUT2D eigenvalue weighted by atomic mass is 32.2. The number of benzene rings is 3. The fraction of sp³-hybridized carbons (Fsp3) is 0.192. The topological polar surface area (TPSA) is 73.2 Å². The van der Waals surface area contributed by atoms with Crippen molar-refractivity contribution in [3.63, 3.8) is 0 Å². The summed E-state index contributed by atoms with van der Waals surface area (Å²) in [4.78, 5) is 31.1. The molecule has 0 aliphatic rings. The van der Waals surface area contributed by atoms with Crippen LogP contribution in [0, 0.1) is 6.92 Å². The molecule has 168 valence electrons. The number of amides is 1. The van der Waals surface area contributed by atoms with Crippen LogP contribution in [0.25, 0.3) is 10.9 Å². The molecule has 7 heteroatoms. The highest BCUT2D eigenvalue weighted by molar-refractivity contribution is 8.00. The van der Waals surface area contributed by atoms with E-state index in [2.05, 4.69) is 5.32 Å². The van der Waals surface area contributed by atoms with E-state index in [1.807, 2.05) is 73.7 Å². The molecule has 33 heavy (non-hydrogen) atoms. The fourth-order valence-corrected chi connectivity index (χ4v) is 4.42. The molecule has 1 unspecified atom stereocenters. The number of carbonyl (C=O) groups is 1. The molecule has 1 amide bonds. The number of thioether (sulfide) groups is 1. The molecule has 0 fully saturated rings. The van der Waals surface area contributed by atoms with E-state index < -0.39 is 5.25 Å². The van der Waals surface area contributed by atoms with Crippen molar-refractivity contribution >= 4 is 34.3 Å². The SMILES string of the molecule is COc1ccc(C)cc1NC(=O)C(C)Sc1nc2ccccc2c(=O)n1Cc1ccccc1. The molecule has 1 atom stereocenters. The zero-order valence-electron chi connectivity index (χ0n) is 18.7. The molecule has 0 saturated heterocycles. The van der Waals surface area contributed by atoms with Gasteiger partial charge in [-0.05, 0) is 49.2 Å². The zero-order chi connectivity index (χ0) is 23.4. The van der Waals surface area contributed by atoms with Gasteiger partial charge in [0.15, 0.2) is 5.16 Å². The van der Waals surface area contributed by atoms with Gasteiger partial charge in [-0.2, -0.15) is 0 Å². The predicted molar refractivity (Wildman–Crippen MR) is 133 cm³/mol. The second kappa shape index (κ2) is 9.92. The summed E-state index contributed by atoms with van der Waals surface area (Å²) in [6.07, 6.45) is 0. The van der Waals surface area contributed by atoms with Gasteiger partial charge in [0.2, 0.25) is 5.91 Å². The number of anilines is 1. The van der Waals surface area contributed by atoms with Crippen molar-refractivity contribution in [1.29, 1.82) is 0 Å². The zero-order valence-corrected chi connectivity index (χ0v) is 19.6. The molecule has 0 radical (unpaired) electrons. The van der Waals surface area contributed by atoms with E-state index in [1.54, 1.807) is 24.7 Å². The Balaban J connectivity index is 1.66. The molecule has 0 spiro atoms. The minimum absolute atomic E-state index is 0.125. The first-order chi connectivity index (χ1) is 16.0. The molecule has 4 aromatic rings. The van der Waals surface area contributed by atoms with E-state index >= 15 is 0 Å². The average Bonchev–Trinajstić information content (AvgIpc) is 2.82. The summed E-state index contributed by atoms with van der Waals surface area (Å²) >= 11 is 1.26. The summed E-state index contributed by atoms with van der Waals surface area (Å²) in [5.41, 5.74) is 3.10. The van der Waals surface area contributed by atoms with Gasteiger partial charge in [0, 0.05) is 0 Å². The Bertz CT molecular complexity index is 1350. The van der Waals surface area contributed by atoms with Crippen LogP contribution >= 0.6 is 11.8 Å². The van der Waals surface area contributed by atoms with Crippen LogP contribution in [0.5, 0.6) is 5.75 Å². The molecular weight excluding hydrogens is 434 g/mol. The number of fused-ring (bicyclic) bond motifs is 1. The van der Waals surface area contributed by atoms with E-state index in [1.165, 1.54) is 11.8 Å². The molecule has 0 bridgehead atoms. The number of carbonyl (C=O) groups excluding carboxylic acids is 1. The summed E-state index contributed by atoms with van der Waals surface area (Å²) in [5.74, 6) is 0.397. The Kier molecular flexibility index (Phi) is 6.79. The Morgan fingerprint density at radius 3 is 2.58 bits per heavy atom. The van der Waals surface area contributed by atoms with Gasteiger partial charge in [0.25, 0.3) is 5.56 Å². The van der Waals surface area contributed by atoms with Gasteiger partial charge in [-0.1, -0.05) is 60.3 Å². The van der Waals surface area contributed by atoms with Crippen molar-refractivity contribution in [3.05, 3.63) is 94.3 Å². The second-order valence-electron chi connectivity index (χ2n) is 7.74. The normalized spacial score (nSPS) is 11.8. The van der Waals surface area contributed by atoms with Crippen molar-refractivity contribution < 1.29 is 9.53 Å². The average molecular weight is 460 g/mol. The van der Waals surface area contributed by atoms with Crippen LogP contribution in [0.2, 0.25) is 0 Å². The quantitative estimate of drug-likeness (QED) is 0.315. The number of nitrogens with one attached hydrogen (secondary N) is 1. The van der Waals surface area contributed by atoms with Crippen LogP contribution in [-0.2, 0) is 11.3 Å². The van der Waals surface area contributed by atoms with Crippen LogP contribution in [0.3, 0.4) is 0 Å². The summed E-state index contributed by atoms with van der Waals surface area (Å²) < 4.78 is 7.01. The number of nitrogens with zero attached hydrogens (tertiary/aromatic N) is 2. The Morgan fingerprint density at radius 2 is 1.82 bits per heavy atom. The van der Waals surface area contributed by atoms with Gasteiger partial charge in [-0.15, -0.1) is 0 Å². The Morgan fingerprint density at radius 1 is 1.09 bits per heavy atom. The van der Waals surface area contributed by atoms with Crippen LogP contribution in [0.15, 0.2) is 82.7 Å². The largest absolute Gasteiger partial charge is 0.495 e. The smallest absolute Gasteiger partial charge is 0.262 e. The van der Waals surface area contributed by atoms with Crippen molar-refractivity contribution in [3.8, 4) is 5.75 Å². The van der Waals surface area contributed by atoms with E-state index in [-0.39, 0.29) is 11.5 Å². The molecule has 0 aliphatic heterocycles. The van der Waals surface area contributed by atoms with Crippen LogP contribution < -0.4 is 15.6 Å². The molecule has 3 aromatic carbocycles. The lowest BCUT2D eigenvalue weighted by molar-refractivity contribution is -0.115. The van der Waals surface area contributed by atoms with Gasteiger partial charge in [0.05, 0.1) is 35.5 Å². The van der Waals surface area contributed by atoms with Crippen molar-refractivity contribution in [2.45, 2.75) is 30.8 Å². The molecule has 4 rings (SSSR count). The summed E-state index contributed by atoms with van der Waals surface area (Å²) in [6.45, 7) is 4.13. The van der Waals surface area contributed by atoms with Crippen molar-refractivity contribution in [1.82, 2.24) is 9.55 Å². The standard InChI is InChI=1S/C26H25N3O3S/c1-17-13-14-23(32-3)22(15-17)27-24(30)18(2)33-26-28-21-12-8-7-11-20(21)25(31)29(26)16-19-9-5-4-6-10-19/h4-15,18H,16H2,1-3H3,(H,27,30). The summed E-state index contributed by atoms with van der Waals surface area (Å²) in [7, 11) is 1.57. The van der Waals surface area contributed by atoms with Crippen LogP contribution in [0.4, 0.5) is 5.69 Å². The third-order valence-corrected chi connectivity index (χ3v) is 6.36. The minimum atomic E-state index is -0.495. The first kappa shape index (κ1) is 22.6. The summed E-state index contributed by atoms with van der Waals surface area (Å²) in [5, 5.41) is 3.50. The number of para-hydroxylation sites is 1. The fourth-order valence-electron chi connectivity index (χ4n) is 3.51. The number of ether oxygens (including phenoxy) is 1. The highest BCUT2D eigenvalue weighted by Crippen LogP contribution is 2.28. The van der Waals surface area contributed by atoms with Gasteiger partial charge in [-0.3, -0.25) is 14.2 Å². The van der Waals surface area contributed by atoms with E-state index in [4.69, 9.17) is 9.72 Å². The number of hydrogen-bond acceptors (Lipinski definition) is 5. The molecule has 6 nitrogen and oxygen atoms in total. The first-order valence-corrected chi connectivity index (χ1v) is 11.5. The lowest BCUT2D eigenvalue weighted by Crippen LogP contribution is -2.27. The molecule has 1 N–H and O–H groups in total. The van der Waals surface area contributed by atoms with E-state index in [0.29, 0.717) is 34.0 Å². The van der Waals surface area contributed by atoms with Gasteiger partial charge < -0.3 is 10.1 Å². The maximum atomic E-state index is 13.3. The number of methoxy groups -OCH3 is 1. The molecular formula is C26H25N3O3S. The Hall–Kier alpha value is -3.58. The van der Waals surface area contributed by atoms with Crippen LogP contribution in [-0.4, -0.2) is 27.8 Å². The molecule has 1 aromatic heterocycles. The molecule has 1 heterocycles. The highest BCUT2D eigenvalue weighted by Gasteiger charge is 2.21. The monoisotopic (exact) mass is 459 g/mol. The van der Waals surface area contributed by atoms with Gasteiger partial charge in [-0.25, -0.2) is 4.98 Å². The minimum Gasteiger partial charge on any atom is -0.495 e. The predicted octanol–water partition coefficient (Wildman–Crippen LogP) is 4.88. The number of aryl methyl sites for hydroxylation is 1. The van der Waals surface area contributed by atoms with Gasteiger partial charge >= 0.3 is 0 Å². The van der Waals surface area contributed by atoms with Gasteiger partial charge in [0.1, 0.15) is 5.75 Å². The summed E-state index contributed by atoms with van der Waals surface area (Å²) in [6, 6.07) is 22.6. The molecule has 0 aliphatic carbocycles. The van der Waals surface area contributed by atoms with Crippen LogP contribution in [0.1, 0.15) is 18.1 Å². The number of aromatic nitrogens is 2. The number of hydrogen-bond donors (Lipinski definition) is 1. The van der Waals surface area contributed by atoms with Crippen molar-refractivity contribution in [2.24, 2.45) is 0 Å². The Labute approximate surface area is 196 Å². The maximum Gasteiger partial charge on any atom is 0.262 e. The first-order valence-electron chi connectivity index (χ1n) is 10.6. The van der Waals surface area contributed by atoms with Crippen molar-refractivity contribution in [2.75, 3.05) is 12.4 Å². The van der Waals surface area contributed by atoms with E-state index in [9.17, 15) is 9.59 Å². The third kappa shape index (κ3) is 5.09.